The third-order valence-electron chi connectivity index (χ3n) is 4.45. The lowest BCUT2D eigenvalue weighted by Gasteiger charge is -2.44. The van der Waals surface area contributed by atoms with Gasteiger partial charge in [0.25, 0.3) is 5.91 Å². The van der Waals surface area contributed by atoms with E-state index in [9.17, 15) is 9.59 Å². The number of rotatable bonds is 1. The Bertz CT molecular complexity index is 447. The van der Waals surface area contributed by atoms with Gasteiger partial charge in [-0.15, -0.1) is 0 Å². The number of hydrogen-bond acceptors (Lipinski definition) is 4. The summed E-state index contributed by atoms with van der Waals surface area (Å²) in [6, 6.07) is 0.190. The van der Waals surface area contributed by atoms with Crippen molar-refractivity contribution < 1.29 is 14.3 Å². The highest BCUT2D eigenvalue weighted by Gasteiger charge is 2.38. The molecule has 3 aliphatic rings. The number of hydrazone groups is 1. The summed E-state index contributed by atoms with van der Waals surface area (Å²) < 4.78 is 5.79. The van der Waals surface area contributed by atoms with Crippen LogP contribution in [-0.4, -0.2) is 59.8 Å². The quantitative estimate of drug-likeness (QED) is 0.712. The largest absolute Gasteiger partial charge is 0.374 e. The zero-order valence-electron chi connectivity index (χ0n) is 11.9. The summed E-state index contributed by atoms with van der Waals surface area (Å²) in [6.07, 6.45) is 5.40. The van der Waals surface area contributed by atoms with Crippen molar-refractivity contribution in [3.8, 4) is 0 Å². The Kier molecular flexibility index (Phi) is 3.74. The van der Waals surface area contributed by atoms with Gasteiger partial charge in [-0.3, -0.25) is 9.59 Å². The average molecular weight is 279 g/mol. The predicted octanol–water partition coefficient (Wildman–Crippen LogP) is 0.765. The second kappa shape index (κ2) is 5.52. The van der Waals surface area contributed by atoms with E-state index in [1.807, 2.05) is 4.90 Å². The van der Waals surface area contributed by atoms with Crippen LogP contribution in [0.25, 0.3) is 0 Å². The van der Waals surface area contributed by atoms with Crippen molar-refractivity contribution in [2.75, 3.05) is 20.2 Å². The monoisotopic (exact) mass is 279 g/mol. The van der Waals surface area contributed by atoms with E-state index in [0.29, 0.717) is 31.7 Å². The number of fused-ring (bicyclic) bond motifs is 1. The highest BCUT2D eigenvalue weighted by atomic mass is 16.5. The molecule has 0 aromatic rings. The van der Waals surface area contributed by atoms with Crippen molar-refractivity contribution in [1.82, 2.24) is 9.91 Å². The van der Waals surface area contributed by atoms with Gasteiger partial charge in [-0.25, -0.2) is 5.01 Å². The van der Waals surface area contributed by atoms with E-state index in [2.05, 4.69) is 5.10 Å². The number of ether oxygens (including phenoxy) is 1. The molecule has 1 aliphatic carbocycles. The van der Waals surface area contributed by atoms with Gasteiger partial charge in [-0.2, -0.15) is 5.10 Å². The molecule has 2 atom stereocenters. The van der Waals surface area contributed by atoms with Crippen LogP contribution >= 0.6 is 0 Å². The molecule has 2 amide bonds. The van der Waals surface area contributed by atoms with Crippen LogP contribution in [0.3, 0.4) is 0 Å². The standard InChI is InChI=1S/C14H21N3O3/c1-16-13(18)7-6-10(15-16)14(19)17-8-9-20-12-5-3-2-4-11(12)17/h11-12H,2-9H2,1H3/t11-,12+/m0/s1. The Balaban J connectivity index is 1.75. The maximum atomic E-state index is 12.7. The Morgan fingerprint density at radius 1 is 1.30 bits per heavy atom. The van der Waals surface area contributed by atoms with E-state index >= 15 is 0 Å². The maximum absolute atomic E-state index is 12.7. The molecule has 2 fully saturated rings. The van der Waals surface area contributed by atoms with Crippen LogP contribution in [0.15, 0.2) is 5.10 Å². The first-order chi connectivity index (χ1) is 9.66. The number of morpholine rings is 1. The topological polar surface area (TPSA) is 62.2 Å². The molecule has 0 spiro atoms. The molecule has 0 N–H and O–H groups in total. The van der Waals surface area contributed by atoms with Crippen molar-refractivity contribution in [1.29, 1.82) is 0 Å². The van der Waals surface area contributed by atoms with Gasteiger partial charge in [0, 0.05) is 26.4 Å². The fourth-order valence-electron chi connectivity index (χ4n) is 3.34. The van der Waals surface area contributed by atoms with Crippen molar-refractivity contribution in [2.24, 2.45) is 5.10 Å². The number of carbonyl (C=O) groups is 2. The molecule has 0 unspecified atom stereocenters. The third-order valence-corrected chi connectivity index (χ3v) is 4.45. The number of nitrogens with zero attached hydrogens (tertiary/aromatic N) is 3. The predicted molar refractivity (Wildman–Crippen MR) is 73.1 cm³/mol. The minimum Gasteiger partial charge on any atom is -0.374 e. The molecular formula is C14H21N3O3. The van der Waals surface area contributed by atoms with E-state index in [4.69, 9.17) is 4.74 Å². The number of hydrogen-bond donors (Lipinski definition) is 0. The lowest BCUT2D eigenvalue weighted by atomic mass is 9.89. The Labute approximate surface area is 118 Å². The van der Waals surface area contributed by atoms with Gasteiger partial charge in [-0.1, -0.05) is 12.8 Å². The summed E-state index contributed by atoms with van der Waals surface area (Å²) >= 11 is 0. The molecule has 0 aromatic heterocycles. The van der Waals surface area contributed by atoms with Crippen LogP contribution in [0.5, 0.6) is 0 Å². The summed E-state index contributed by atoms with van der Waals surface area (Å²) in [5.41, 5.74) is 0.512. The van der Waals surface area contributed by atoms with Crippen molar-refractivity contribution in [2.45, 2.75) is 50.7 Å². The second-order valence-corrected chi connectivity index (χ2v) is 5.72. The summed E-state index contributed by atoms with van der Waals surface area (Å²) in [5, 5.41) is 5.43. The summed E-state index contributed by atoms with van der Waals surface area (Å²) in [4.78, 5) is 26.0. The number of amides is 2. The fraction of sp³-hybridized carbons (Fsp3) is 0.786. The highest BCUT2D eigenvalue weighted by molar-refractivity contribution is 6.39. The average Bonchev–Trinajstić information content (AvgIpc) is 2.49. The Morgan fingerprint density at radius 3 is 2.90 bits per heavy atom. The van der Waals surface area contributed by atoms with Crippen LogP contribution in [0.4, 0.5) is 0 Å². The molecule has 3 rings (SSSR count). The molecule has 6 heteroatoms. The first-order valence-electron chi connectivity index (χ1n) is 7.43. The molecular weight excluding hydrogens is 258 g/mol. The molecule has 0 radical (unpaired) electrons. The van der Waals surface area contributed by atoms with E-state index in [-0.39, 0.29) is 24.0 Å². The third kappa shape index (κ3) is 2.44. The van der Waals surface area contributed by atoms with Crippen LogP contribution in [0.1, 0.15) is 38.5 Å². The van der Waals surface area contributed by atoms with Crippen molar-refractivity contribution >= 4 is 17.5 Å². The van der Waals surface area contributed by atoms with Crippen LogP contribution in [-0.2, 0) is 14.3 Å². The summed E-state index contributed by atoms with van der Waals surface area (Å²) in [7, 11) is 1.61. The molecule has 2 aliphatic heterocycles. The normalized spacial score (nSPS) is 30.9. The minimum atomic E-state index is -0.0286. The summed E-state index contributed by atoms with van der Waals surface area (Å²) in [5.74, 6) is -0.0383. The first-order valence-corrected chi connectivity index (χ1v) is 7.43. The lowest BCUT2D eigenvalue weighted by molar-refractivity contribution is -0.143. The van der Waals surface area contributed by atoms with Gasteiger partial charge in [0.2, 0.25) is 5.91 Å². The van der Waals surface area contributed by atoms with Crippen LogP contribution in [0.2, 0.25) is 0 Å². The zero-order chi connectivity index (χ0) is 14.1. The molecule has 20 heavy (non-hydrogen) atoms. The molecule has 2 heterocycles. The van der Waals surface area contributed by atoms with Gasteiger partial charge >= 0.3 is 0 Å². The van der Waals surface area contributed by atoms with Crippen LogP contribution in [0, 0.1) is 0 Å². The zero-order valence-corrected chi connectivity index (χ0v) is 11.9. The van der Waals surface area contributed by atoms with E-state index in [1.54, 1.807) is 7.05 Å². The Morgan fingerprint density at radius 2 is 2.10 bits per heavy atom. The lowest BCUT2D eigenvalue weighted by Crippen LogP contribution is -2.56. The highest BCUT2D eigenvalue weighted by Crippen LogP contribution is 2.29. The van der Waals surface area contributed by atoms with Crippen LogP contribution < -0.4 is 0 Å². The number of carbonyl (C=O) groups excluding carboxylic acids is 2. The van der Waals surface area contributed by atoms with Gasteiger partial charge in [0.1, 0.15) is 5.71 Å². The van der Waals surface area contributed by atoms with Crippen molar-refractivity contribution in [3.05, 3.63) is 0 Å². The van der Waals surface area contributed by atoms with Crippen molar-refractivity contribution in [3.63, 3.8) is 0 Å². The molecule has 0 aromatic carbocycles. The van der Waals surface area contributed by atoms with Gasteiger partial charge < -0.3 is 9.64 Å². The molecule has 110 valence electrons. The maximum Gasteiger partial charge on any atom is 0.270 e. The smallest absolute Gasteiger partial charge is 0.270 e. The van der Waals surface area contributed by atoms with E-state index in [0.717, 1.165) is 19.3 Å². The summed E-state index contributed by atoms with van der Waals surface area (Å²) in [6.45, 7) is 1.24. The minimum absolute atomic E-state index is 0.00968. The molecule has 0 bridgehead atoms. The van der Waals surface area contributed by atoms with E-state index < -0.39 is 0 Å². The molecule has 1 saturated heterocycles. The van der Waals surface area contributed by atoms with Gasteiger partial charge in [0.05, 0.1) is 18.8 Å². The molecule has 6 nitrogen and oxygen atoms in total. The SMILES string of the molecule is CN1N=C(C(=O)N2CCO[C@@H]3CCCC[C@@H]32)CCC1=O. The van der Waals surface area contributed by atoms with Gasteiger partial charge in [0.15, 0.2) is 0 Å². The first kappa shape index (κ1) is 13.5. The molecule has 1 saturated carbocycles. The van der Waals surface area contributed by atoms with Gasteiger partial charge in [-0.05, 0) is 12.8 Å². The fourth-order valence-corrected chi connectivity index (χ4v) is 3.34. The van der Waals surface area contributed by atoms with E-state index in [1.165, 1.54) is 11.4 Å². The second-order valence-electron chi connectivity index (χ2n) is 5.72. The Hall–Kier alpha value is -1.43.